The minimum absolute atomic E-state index is 0.661. The number of nitrogens with one attached hydrogen (secondary N) is 1. The van der Waals surface area contributed by atoms with Crippen molar-refractivity contribution in [2.24, 2.45) is 0 Å². The molecule has 0 amide bonds. The topological polar surface area (TPSA) is 55.1 Å². The van der Waals surface area contributed by atoms with Gasteiger partial charge < -0.3 is 5.32 Å². The molecule has 6 heteroatoms. The molecule has 0 saturated carbocycles. The maximum absolute atomic E-state index is 4.78. The molecule has 1 radical (unpaired) electrons. The van der Waals surface area contributed by atoms with Crippen molar-refractivity contribution in [3.8, 4) is 11.4 Å². The molecule has 129 valence electrons. The van der Waals surface area contributed by atoms with Crippen LogP contribution in [0.25, 0.3) is 16.9 Å². The zero-order valence-electron chi connectivity index (χ0n) is 14.5. The van der Waals surface area contributed by atoms with Crippen LogP contribution < -0.4 is 5.32 Å². The molecule has 0 unspecified atom stereocenters. The molecular weight excluding hydrogens is 390 g/mol. The Morgan fingerprint density at radius 2 is 1.77 bits per heavy atom. The van der Waals surface area contributed by atoms with E-state index in [0.717, 1.165) is 32.9 Å². The molecule has 0 saturated heterocycles. The number of fused-ring (bicyclic) bond motifs is 1. The molecule has 0 aliphatic rings. The van der Waals surface area contributed by atoms with Crippen LogP contribution in [0.5, 0.6) is 0 Å². The Bertz CT molecular complexity index is 1060. The monoisotopic (exact) mass is 406 g/mol. The fourth-order valence-corrected chi connectivity index (χ4v) is 3.16. The van der Waals surface area contributed by atoms with Crippen molar-refractivity contribution in [2.45, 2.75) is 20.4 Å². The van der Waals surface area contributed by atoms with Gasteiger partial charge >= 0.3 is 0 Å². The molecule has 0 fully saturated rings. The fourth-order valence-electron chi connectivity index (χ4n) is 2.90. The average molecular weight is 407 g/mol. The molecule has 2 aromatic carbocycles. The maximum atomic E-state index is 4.78. The Morgan fingerprint density at radius 3 is 2.50 bits per heavy atom. The molecule has 2 aromatic heterocycles. The molecule has 0 aliphatic heterocycles. The van der Waals surface area contributed by atoms with Crippen molar-refractivity contribution in [2.75, 3.05) is 5.32 Å². The first-order valence-corrected chi connectivity index (χ1v) is 9.10. The van der Waals surface area contributed by atoms with Crippen LogP contribution in [-0.4, -0.2) is 19.6 Å². The third-order valence-corrected chi connectivity index (χ3v) is 4.71. The summed E-state index contributed by atoms with van der Waals surface area (Å²) in [6.45, 7) is 4.60. The zero-order chi connectivity index (χ0) is 18.1. The normalized spacial score (nSPS) is 11.0. The van der Waals surface area contributed by atoms with Gasteiger partial charge in [-0.15, -0.1) is 5.10 Å². The number of anilines is 1. The quantitative estimate of drug-likeness (QED) is 0.538. The van der Waals surface area contributed by atoms with Crippen LogP contribution in [0.3, 0.4) is 0 Å². The summed E-state index contributed by atoms with van der Waals surface area (Å²) in [5, 5.41) is 8.14. The van der Waals surface area contributed by atoms with Crippen LogP contribution in [0, 0.1) is 19.9 Å². The first-order valence-electron chi connectivity index (χ1n) is 8.30. The van der Waals surface area contributed by atoms with Crippen molar-refractivity contribution in [3.63, 3.8) is 0 Å². The highest BCUT2D eigenvalue weighted by Gasteiger charge is 2.15. The Morgan fingerprint density at radius 1 is 1.04 bits per heavy atom. The molecule has 26 heavy (non-hydrogen) atoms. The van der Waals surface area contributed by atoms with Gasteiger partial charge in [0.1, 0.15) is 11.3 Å². The third kappa shape index (κ3) is 3.20. The summed E-state index contributed by atoms with van der Waals surface area (Å²) < 4.78 is 2.89. The zero-order valence-corrected chi connectivity index (χ0v) is 16.1. The number of halogens is 1. The summed E-state index contributed by atoms with van der Waals surface area (Å²) in [5.74, 6) is 2.29. The smallest absolute Gasteiger partial charge is 0.182 e. The van der Waals surface area contributed by atoms with Crippen molar-refractivity contribution in [1.82, 2.24) is 19.6 Å². The second-order valence-corrected chi connectivity index (χ2v) is 6.97. The van der Waals surface area contributed by atoms with E-state index in [1.165, 1.54) is 5.56 Å². The van der Waals surface area contributed by atoms with Crippen molar-refractivity contribution in [1.29, 1.82) is 0 Å². The molecule has 5 nitrogen and oxygen atoms in total. The van der Waals surface area contributed by atoms with Gasteiger partial charge in [0.25, 0.3) is 0 Å². The summed E-state index contributed by atoms with van der Waals surface area (Å²) in [7, 11) is 0. The maximum Gasteiger partial charge on any atom is 0.182 e. The Labute approximate surface area is 160 Å². The summed E-state index contributed by atoms with van der Waals surface area (Å²) >= 11 is 3.47. The van der Waals surface area contributed by atoms with Gasteiger partial charge in [0.05, 0.1) is 5.69 Å². The molecule has 0 bridgehead atoms. The van der Waals surface area contributed by atoms with E-state index in [4.69, 9.17) is 10.1 Å². The number of hydrogen-bond acceptors (Lipinski definition) is 4. The van der Waals surface area contributed by atoms with E-state index in [0.29, 0.717) is 12.4 Å². The van der Waals surface area contributed by atoms with Gasteiger partial charge in [-0.3, -0.25) is 0 Å². The summed E-state index contributed by atoms with van der Waals surface area (Å²) in [6, 6.07) is 18.9. The van der Waals surface area contributed by atoms with Gasteiger partial charge in [-0.2, -0.15) is 0 Å². The van der Waals surface area contributed by atoms with Crippen LogP contribution in [0.4, 0.5) is 5.82 Å². The molecule has 2 heterocycles. The number of rotatable bonds is 4. The summed E-state index contributed by atoms with van der Waals surface area (Å²) in [6.07, 6.45) is 0. The average Bonchev–Trinajstić information content (AvgIpc) is 2.95. The lowest BCUT2D eigenvalue weighted by atomic mass is 10.2. The number of imidazole rings is 1. The third-order valence-electron chi connectivity index (χ3n) is 4.18. The summed E-state index contributed by atoms with van der Waals surface area (Å²) in [5.41, 5.74) is 3.94. The number of aryl methyl sites for hydroxylation is 2. The lowest BCUT2D eigenvalue weighted by Crippen LogP contribution is -2.08. The number of hydrogen-bond donors (Lipinski definition) is 1. The van der Waals surface area contributed by atoms with Gasteiger partial charge in [0, 0.05) is 16.6 Å². The predicted molar refractivity (Wildman–Crippen MR) is 106 cm³/mol. The molecule has 1 N–H and O–H groups in total. The van der Waals surface area contributed by atoms with E-state index in [1.807, 2.05) is 66.9 Å². The molecular formula is C20H17BrN5. The Kier molecular flexibility index (Phi) is 4.42. The van der Waals surface area contributed by atoms with E-state index in [9.17, 15) is 0 Å². The van der Waals surface area contributed by atoms with Gasteiger partial charge in [-0.25, -0.2) is 14.5 Å². The largest absolute Gasteiger partial charge is 0.364 e. The number of benzene rings is 2. The Balaban J connectivity index is 1.80. The molecule has 4 aromatic rings. The van der Waals surface area contributed by atoms with E-state index in [-0.39, 0.29) is 0 Å². The van der Waals surface area contributed by atoms with E-state index >= 15 is 0 Å². The lowest BCUT2D eigenvalue weighted by Gasteiger charge is -2.11. The molecule has 0 aliphatic carbocycles. The SMILES string of the molecule is Cc1nc(C)n2nc(-c3ccc(Br)cc3)nc(NCc3cc[c]cc3)c12. The van der Waals surface area contributed by atoms with E-state index in [2.05, 4.69) is 32.3 Å². The van der Waals surface area contributed by atoms with Crippen molar-refractivity contribution in [3.05, 3.63) is 76.2 Å². The van der Waals surface area contributed by atoms with E-state index in [1.54, 1.807) is 0 Å². The Hall–Kier alpha value is -2.73. The number of nitrogens with zero attached hydrogens (tertiary/aromatic N) is 4. The first-order chi connectivity index (χ1) is 12.6. The van der Waals surface area contributed by atoms with Crippen LogP contribution in [0.2, 0.25) is 0 Å². The highest BCUT2D eigenvalue weighted by molar-refractivity contribution is 9.10. The minimum atomic E-state index is 0.661. The summed E-state index contributed by atoms with van der Waals surface area (Å²) in [4.78, 5) is 9.35. The minimum Gasteiger partial charge on any atom is -0.364 e. The standard InChI is InChI=1S/C20H17BrN5/c1-13-18-20(22-12-15-6-4-3-5-7-15)24-19(25-26(18)14(2)23-13)16-8-10-17(21)11-9-16/h4-11H,12H2,1-2H3,(H,22,24,25). The fraction of sp³-hybridized carbons (Fsp3) is 0.150. The van der Waals surface area contributed by atoms with Gasteiger partial charge in [-0.1, -0.05) is 52.3 Å². The van der Waals surface area contributed by atoms with Gasteiger partial charge in [0.2, 0.25) is 0 Å². The lowest BCUT2D eigenvalue weighted by molar-refractivity contribution is 0.858. The molecule has 4 rings (SSSR count). The second-order valence-electron chi connectivity index (χ2n) is 6.06. The second kappa shape index (κ2) is 6.88. The van der Waals surface area contributed by atoms with Crippen molar-refractivity contribution < 1.29 is 0 Å². The van der Waals surface area contributed by atoms with Crippen LogP contribution >= 0.6 is 15.9 Å². The highest BCUT2D eigenvalue weighted by Crippen LogP contribution is 2.25. The van der Waals surface area contributed by atoms with Gasteiger partial charge in [-0.05, 0) is 37.6 Å². The van der Waals surface area contributed by atoms with E-state index < -0.39 is 0 Å². The van der Waals surface area contributed by atoms with Crippen LogP contribution in [0.1, 0.15) is 17.1 Å². The van der Waals surface area contributed by atoms with Crippen molar-refractivity contribution >= 4 is 27.3 Å². The predicted octanol–water partition coefficient (Wildman–Crippen LogP) is 4.58. The number of aromatic nitrogens is 4. The molecule has 0 atom stereocenters. The molecule has 0 spiro atoms. The van der Waals surface area contributed by atoms with Crippen LogP contribution in [-0.2, 0) is 6.54 Å². The highest BCUT2D eigenvalue weighted by atomic mass is 79.9. The first kappa shape index (κ1) is 16.7. The van der Waals surface area contributed by atoms with Gasteiger partial charge in [0.15, 0.2) is 11.6 Å². The van der Waals surface area contributed by atoms with Crippen LogP contribution in [0.15, 0.2) is 53.0 Å².